The van der Waals surface area contributed by atoms with Crippen LogP contribution in [0.5, 0.6) is 23.0 Å². The number of benzene rings is 10. The van der Waals surface area contributed by atoms with Gasteiger partial charge in [-0.3, -0.25) is 0 Å². The van der Waals surface area contributed by atoms with Crippen LogP contribution in [0.4, 0.5) is 0 Å². The maximum atomic E-state index is 6.61. The Kier molecular flexibility index (Phi) is 18.0. The van der Waals surface area contributed by atoms with E-state index in [1.54, 1.807) is 0 Å². The minimum atomic E-state index is 0.459. The smallest absolute Gasteiger partial charge is 0.123 e. The second-order valence-corrected chi connectivity index (χ2v) is 28.0. The standard InChI is InChI=1S/C92H78N4O4/c1-57(2)43-47-97-71-51-69(52-72(55-71)98-48-44-58(3)4)91-83-39-35-79(93-83)77(21-11-9-15-61-23-25-67-29-27-63-17-13-19-65-31-33-75(61)89(67)87(63)65)81-37-41-85(95-81)92(70-53-73(99-49-45-59(5)6)56-74(54-70)100-50-46-60(7)8)86-42-38-82(96-86)78(80-36-40-84(91)94-80)22-12-10-16-62-24-26-68-30-28-64-18-14-20-66-32-34-76(62)90(68)88(64)66/h13-14,17-20,23-42,51-60,93,96H,43-50H2,1-8H3. The first-order chi connectivity index (χ1) is 48.8. The molecule has 0 amide bonds. The number of H-pyrrole nitrogens is 2. The number of aromatic nitrogens is 4. The third-order valence-electron chi connectivity index (χ3n) is 18.9. The van der Waals surface area contributed by atoms with Gasteiger partial charge >= 0.3 is 0 Å². The number of fused-ring (bicyclic) bond motifs is 8. The minimum absolute atomic E-state index is 0.459. The van der Waals surface area contributed by atoms with E-state index in [0.717, 1.165) is 91.9 Å². The SMILES string of the molecule is CC(C)CCOc1cc(OCCC(C)C)cc(-c2c3nc(c(C#CC#Cc4ccc5ccc6cccc7ccc4c5c67)c4ccc([nH]4)c(-c4cc(OCCC(C)C)cc(OCCC(C)C)c4)c4nc(c(C#CC#Cc5ccc6ccc7cccc8ccc5c6c78)c5ccc2[nH]5)C=C4)C=C3)c1. The van der Waals surface area contributed by atoms with Gasteiger partial charge in [-0.1, -0.05) is 164 Å². The van der Waals surface area contributed by atoms with Crippen molar-refractivity contribution in [1.82, 2.24) is 19.9 Å². The van der Waals surface area contributed by atoms with Crippen molar-refractivity contribution in [2.24, 2.45) is 23.7 Å². The van der Waals surface area contributed by atoms with Crippen LogP contribution in [0.15, 0.2) is 170 Å². The number of ether oxygens (including phenoxy) is 4. The summed E-state index contributed by atoms with van der Waals surface area (Å²) >= 11 is 0. The molecule has 0 radical (unpaired) electrons. The van der Waals surface area contributed by atoms with Crippen molar-refractivity contribution in [2.75, 3.05) is 26.4 Å². The zero-order valence-electron chi connectivity index (χ0n) is 58.0. The molecule has 0 spiro atoms. The topological polar surface area (TPSA) is 94.3 Å². The van der Waals surface area contributed by atoms with Crippen LogP contribution in [0.3, 0.4) is 0 Å². The second kappa shape index (κ2) is 28.0. The summed E-state index contributed by atoms with van der Waals surface area (Å²) in [4.78, 5) is 19.0. The maximum Gasteiger partial charge on any atom is 0.123 e. The van der Waals surface area contributed by atoms with Crippen molar-refractivity contribution < 1.29 is 18.9 Å². The number of hydrogen-bond acceptors (Lipinski definition) is 6. The van der Waals surface area contributed by atoms with Gasteiger partial charge in [0, 0.05) is 45.4 Å². The van der Waals surface area contributed by atoms with Gasteiger partial charge in [-0.15, -0.1) is 0 Å². The first kappa shape index (κ1) is 64.3. The summed E-state index contributed by atoms with van der Waals surface area (Å²) in [6.45, 7) is 19.9. The molecular weight excluding hydrogens is 1230 g/mol. The lowest BCUT2D eigenvalue weighted by Gasteiger charge is -2.14. The molecule has 8 nitrogen and oxygen atoms in total. The molecule has 0 saturated carbocycles. The molecule has 3 aromatic heterocycles. The fourth-order valence-electron chi connectivity index (χ4n) is 13.6. The highest BCUT2D eigenvalue weighted by molar-refractivity contribution is 6.25. The molecule has 0 fully saturated rings. The fourth-order valence-corrected chi connectivity index (χ4v) is 13.6. The molecule has 5 heterocycles. The van der Waals surface area contributed by atoms with E-state index in [4.69, 9.17) is 28.9 Å². The van der Waals surface area contributed by atoms with Gasteiger partial charge in [-0.25, -0.2) is 9.97 Å². The van der Waals surface area contributed by atoms with Crippen LogP contribution in [0.1, 0.15) is 126 Å². The van der Waals surface area contributed by atoms with Gasteiger partial charge < -0.3 is 28.9 Å². The number of hydrogen-bond donors (Lipinski definition) is 2. The average Bonchev–Trinajstić information content (AvgIpc) is 0.898. The largest absolute Gasteiger partial charge is 0.493 e. The molecule has 0 atom stereocenters. The summed E-state index contributed by atoms with van der Waals surface area (Å²) in [7, 11) is 0. The fraction of sp³-hybridized carbons (Fsp3) is 0.217. The molecule has 0 aliphatic carbocycles. The molecule has 0 saturated heterocycles. The number of nitrogens with one attached hydrogen (secondary N) is 2. The third-order valence-corrected chi connectivity index (χ3v) is 18.9. The van der Waals surface area contributed by atoms with Crippen LogP contribution in [0.2, 0.25) is 0 Å². The third kappa shape index (κ3) is 13.4. The van der Waals surface area contributed by atoms with Crippen molar-refractivity contribution in [1.29, 1.82) is 0 Å². The molecule has 0 unspecified atom stereocenters. The molecule has 8 heteroatoms. The summed E-state index contributed by atoms with van der Waals surface area (Å²) in [5.74, 6) is 32.0. The average molecular weight is 1300 g/mol. The predicted molar refractivity (Wildman–Crippen MR) is 417 cm³/mol. The highest BCUT2D eigenvalue weighted by atomic mass is 16.5. The van der Waals surface area contributed by atoms with E-state index in [2.05, 4.69) is 295 Å². The summed E-state index contributed by atoms with van der Waals surface area (Å²) in [6, 6.07) is 59.8. The van der Waals surface area contributed by atoms with Crippen LogP contribution in [0, 0.1) is 71.0 Å². The Balaban J connectivity index is 0.970. The van der Waals surface area contributed by atoms with Crippen LogP contribution < -0.4 is 18.9 Å². The first-order valence-corrected chi connectivity index (χ1v) is 35.2. The lowest BCUT2D eigenvalue weighted by molar-refractivity contribution is 0.276. The Labute approximate surface area is 585 Å². The lowest BCUT2D eigenvalue weighted by Crippen LogP contribution is -2.04. The molecule has 100 heavy (non-hydrogen) atoms. The Hall–Kier alpha value is -11.7. The minimum Gasteiger partial charge on any atom is -0.493 e. The zero-order valence-corrected chi connectivity index (χ0v) is 58.0. The van der Waals surface area contributed by atoms with Crippen molar-refractivity contribution in [3.8, 4) is 92.6 Å². The summed E-state index contributed by atoms with van der Waals surface area (Å²) in [5.41, 5.74) is 12.4. The van der Waals surface area contributed by atoms with Gasteiger partial charge in [0.15, 0.2) is 0 Å². The summed E-state index contributed by atoms with van der Waals surface area (Å²) in [5, 5.41) is 14.3. The van der Waals surface area contributed by atoms with E-state index < -0.39 is 0 Å². The Morgan fingerprint density at radius 2 is 0.630 bits per heavy atom. The second-order valence-electron chi connectivity index (χ2n) is 28.0. The first-order valence-electron chi connectivity index (χ1n) is 35.2. The molecular formula is C92H78N4O4. The normalized spacial score (nSPS) is 11.9. The molecule has 10 aromatic carbocycles. The maximum absolute atomic E-state index is 6.61. The van der Waals surface area contributed by atoms with Crippen molar-refractivity contribution >= 4 is 111 Å². The predicted octanol–water partition coefficient (Wildman–Crippen LogP) is 22.3. The van der Waals surface area contributed by atoms with Crippen molar-refractivity contribution in [3.63, 3.8) is 0 Å². The number of nitrogens with zero attached hydrogens (tertiary/aromatic N) is 2. The highest BCUT2D eigenvalue weighted by Gasteiger charge is 2.21. The molecule has 2 aliphatic heterocycles. The monoisotopic (exact) mass is 1300 g/mol. The van der Waals surface area contributed by atoms with Gasteiger partial charge in [-0.2, -0.15) is 0 Å². The van der Waals surface area contributed by atoms with E-state index in [1.807, 2.05) is 12.1 Å². The van der Waals surface area contributed by atoms with E-state index in [-0.39, 0.29) is 0 Å². The van der Waals surface area contributed by atoms with Gasteiger partial charge in [0.2, 0.25) is 0 Å². The Morgan fingerprint density at radius 1 is 0.320 bits per heavy atom. The Bertz CT molecular complexity index is 5410. The van der Waals surface area contributed by atoms with E-state index in [0.29, 0.717) is 107 Å². The Morgan fingerprint density at radius 3 is 0.990 bits per heavy atom. The number of rotatable bonds is 18. The van der Waals surface area contributed by atoms with E-state index in [9.17, 15) is 0 Å². The van der Waals surface area contributed by atoms with Crippen molar-refractivity contribution in [3.05, 3.63) is 215 Å². The van der Waals surface area contributed by atoms with Crippen molar-refractivity contribution in [2.45, 2.75) is 81.1 Å². The van der Waals surface area contributed by atoms with E-state index in [1.165, 1.54) is 53.9 Å². The molecule has 8 bridgehead atoms. The highest BCUT2D eigenvalue weighted by Crippen LogP contribution is 2.42. The molecule has 2 N–H and O–H groups in total. The van der Waals surface area contributed by atoms with Crippen LogP contribution in [-0.2, 0) is 0 Å². The zero-order chi connectivity index (χ0) is 68.4. The summed E-state index contributed by atoms with van der Waals surface area (Å²) in [6.07, 6.45) is 11.8. The van der Waals surface area contributed by atoms with Gasteiger partial charge in [0.05, 0.1) is 71.4 Å². The lowest BCUT2D eigenvalue weighted by atomic mass is 9.92. The number of aromatic amines is 2. The van der Waals surface area contributed by atoms with E-state index >= 15 is 0 Å². The van der Waals surface area contributed by atoms with Crippen LogP contribution >= 0.6 is 0 Å². The van der Waals surface area contributed by atoms with Crippen LogP contribution in [0.25, 0.3) is 133 Å². The van der Waals surface area contributed by atoms with Gasteiger partial charge in [-0.05, 0) is 246 Å². The van der Waals surface area contributed by atoms with Gasteiger partial charge in [0.1, 0.15) is 23.0 Å². The summed E-state index contributed by atoms with van der Waals surface area (Å²) < 4.78 is 26.4. The quantitative estimate of drug-likeness (QED) is 0.0657. The molecule has 13 aromatic rings. The molecule has 490 valence electrons. The molecule has 2 aliphatic rings. The van der Waals surface area contributed by atoms with Gasteiger partial charge in [0.25, 0.3) is 0 Å². The molecule has 15 rings (SSSR count). The van der Waals surface area contributed by atoms with Crippen LogP contribution in [-0.4, -0.2) is 46.4 Å².